The number of H-pyrrole nitrogens is 1. The molecule has 19 heavy (non-hydrogen) atoms. The van der Waals surface area contributed by atoms with Crippen LogP contribution in [0.15, 0.2) is 29.1 Å². The molecule has 0 aliphatic heterocycles. The third-order valence-electron chi connectivity index (χ3n) is 2.66. The zero-order valence-corrected chi connectivity index (χ0v) is 11.3. The van der Waals surface area contributed by atoms with Crippen LogP contribution in [-0.2, 0) is 0 Å². The molecular weight excluding hydrogens is 260 g/mol. The number of anilines is 2. The second kappa shape index (κ2) is 4.47. The Kier molecular flexibility index (Phi) is 2.79. The van der Waals surface area contributed by atoms with Gasteiger partial charge in [0.05, 0.1) is 0 Å². The monoisotopic (exact) mass is 272 g/mol. The van der Waals surface area contributed by atoms with Gasteiger partial charge in [-0.2, -0.15) is 0 Å². The molecule has 5 nitrogen and oxygen atoms in total. The smallest absolute Gasteiger partial charge is 0.278 e. The number of aromatic nitrogens is 3. The van der Waals surface area contributed by atoms with Gasteiger partial charge in [0.1, 0.15) is 5.82 Å². The zero-order valence-electron chi connectivity index (χ0n) is 10.5. The first-order chi connectivity index (χ1) is 9.11. The fraction of sp³-hybridized carbons (Fsp3) is 0.154. The van der Waals surface area contributed by atoms with Crippen molar-refractivity contribution >= 4 is 32.5 Å². The van der Waals surface area contributed by atoms with Crippen LogP contribution in [0.4, 0.5) is 10.8 Å². The molecule has 0 aliphatic rings. The van der Waals surface area contributed by atoms with Crippen molar-refractivity contribution in [2.24, 2.45) is 0 Å². The molecule has 0 fully saturated rings. The number of aromatic amines is 1. The molecule has 6 heteroatoms. The molecule has 0 atom stereocenters. The lowest BCUT2D eigenvalue weighted by atomic mass is 10.2. The summed E-state index contributed by atoms with van der Waals surface area (Å²) in [7, 11) is 0. The summed E-state index contributed by atoms with van der Waals surface area (Å²) in [6.07, 6.45) is 0. The predicted molar refractivity (Wildman–Crippen MR) is 77.2 cm³/mol. The second-order valence-electron chi connectivity index (χ2n) is 4.32. The van der Waals surface area contributed by atoms with E-state index in [0.717, 1.165) is 11.3 Å². The topological polar surface area (TPSA) is 70.7 Å². The number of nitrogens with one attached hydrogen (secondary N) is 2. The number of hydrogen-bond donors (Lipinski definition) is 2. The van der Waals surface area contributed by atoms with Crippen LogP contribution in [0.3, 0.4) is 0 Å². The third kappa shape index (κ3) is 2.34. The van der Waals surface area contributed by atoms with Crippen LogP contribution in [0, 0.1) is 13.8 Å². The van der Waals surface area contributed by atoms with Gasteiger partial charge in [0.15, 0.2) is 15.5 Å². The summed E-state index contributed by atoms with van der Waals surface area (Å²) in [5, 5.41) is 3.87. The average Bonchev–Trinajstić information content (AvgIpc) is 2.71. The molecule has 0 saturated heterocycles. The lowest BCUT2D eigenvalue weighted by molar-refractivity contribution is 1.06. The minimum Gasteiger partial charge on any atom is -0.331 e. The molecule has 0 amide bonds. The lowest BCUT2D eigenvalue weighted by Crippen LogP contribution is -2.08. The first-order valence-electron chi connectivity index (χ1n) is 5.83. The number of nitrogens with zero attached hydrogens (tertiary/aromatic N) is 2. The maximum atomic E-state index is 11.7. The van der Waals surface area contributed by atoms with Crippen LogP contribution >= 0.6 is 11.3 Å². The Morgan fingerprint density at radius 2 is 2.11 bits per heavy atom. The number of benzene rings is 1. The van der Waals surface area contributed by atoms with Gasteiger partial charge in [-0.05, 0) is 31.5 Å². The molecule has 2 aromatic heterocycles. The summed E-state index contributed by atoms with van der Waals surface area (Å²) in [5.74, 6) is 0.600. The Bertz CT molecular complexity index is 806. The molecule has 2 heterocycles. The van der Waals surface area contributed by atoms with Crippen LogP contribution in [0.25, 0.3) is 10.3 Å². The van der Waals surface area contributed by atoms with Crippen LogP contribution in [-0.4, -0.2) is 15.0 Å². The fourth-order valence-electron chi connectivity index (χ4n) is 1.84. The Morgan fingerprint density at radius 1 is 1.26 bits per heavy atom. The van der Waals surface area contributed by atoms with E-state index >= 15 is 0 Å². The molecule has 3 rings (SSSR count). The van der Waals surface area contributed by atoms with Crippen LogP contribution in [0.2, 0.25) is 0 Å². The third-order valence-corrected chi connectivity index (χ3v) is 3.52. The largest absolute Gasteiger partial charge is 0.331 e. The highest BCUT2D eigenvalue weighted by atomic mass is 32.1. The molecule has 0 aliphatic carbocycles. The summed E-state index contributed by atoms with van der Waals surface area (Å²) in [4.78, 5) is 23.6. The number of rotatable bonds is 2. The first-order valence-corrected chi connectivity index (χ1v) is 6.64. The summed E-state index contributed by atoms with van der Waals surface area (Å²) in [6.45, 7) is 3.79. The molecule has 0 radical (unpaired) electrons. The highest BCUT2D eigenvalue weighted by Gasteiger charge is 2.09. The molecule has 96 valence electrons. The normalized spacial score (nSPS) is 10.8. The molecular formula is C13H12N4OS. The minimum atomic E-state index is -0.198. The van der Waals surface area contributed by atoms with E-state index in [1.54, 1.807) is 6.92 Å². The first kappa shape index (κ1) is 11.9. The van der Waals surface area contributed by atoms with Crippen molar-refractivity contribution in [3.8, 4) is 0 Å². The van der Waals surface area contributed by atoms with E-state index in [1.165, 1.54) is 11.3 Å². The van der Waals surface area contributed by atoms with Gasteiger partial charge in [-0.3, -0.25) is 4.79 Å². The molecule has 0 spiro atoms. The van der Waals surface area contributed by atoms with Crippen molar-refractivity contribution in [3.63, 3.8) is 0 Å². The molecule has 0 bridgehead atoms. The number of hydrogen-bond acceptors (Lipinski definition) is 5. The number of thiazole rings is 1. The standard InChI is InChI=1S/C13H12N4OS/c1-7-4-3-5-9(6-7)16-13-17-10-11(18)14-8(2)15-12(10)19-13/h3-6H,1-2H3,(H,16,17)(H,14,15,18). The molecule has 2 N–H and O–H groups in total. The molecule has 3 aromatic rings. The highest BCUT2D eigenvalue weighted by Crippen LogP contribution is 2.25. The van der Waals surface area contributed by atoms with E-state index in [1.807, 2.05) is 31.2 Å². The van der Waals surface area contributed by atoms with Gasteiger partial charge in [-0.25, -0.2) is 9.97 Å². The lowest BCUT2D eigenvalue weighted by Gasteiger charge is -2.02. The minimum absolute atomic E-state index is 0.198. The number of fused-ring (bicyclic) bond motifs is 1. The zero-order chi connectivity index (χ0) is 13.4. The Balaban J connectivity index is 2.02. The summed E-state index contributed by atoms with van der Waals surface area (Å²) in [5.41, 5.74) is 2.30. The summed E-state index contributed by atoms with van der Waals surface area (Å²) < 4.78 is 0. The number of aryl methyl sites for hydroxylation is 2. The predicted octanol–water partition coefficient (Wildman–Crippen LogP) is 2.74. The second-order valence-corrected chi connectivity index (χ2v) is 5.30. The van der Waals surface area contributed by atoms with Crippen molar-refractivity contribution < 1.29 is 0 Å². The van der Waals surface area contributed by atoms with Crippen molar-refractivity contribution in [2.75, 3.05) is 5.32 Å². The SMILES string of the molecule is Cc1cccc(Nc2nc3c(=O)[nH]c(C)nc3s2)c1. The van der Waals surface area contributed by atoms with E-state index in [-0.39, 0.29) is 5.56 Å². The van der Waals surface area contributed by atoms with Gasteiger partial charge in [0.2, 0.25) is 0 Å². The van der Waals surface area contributed by atoms with Crippen molar-refractivity contribution in [1.29, 1.82) is 0 Å². The Morgan fingerprint density at radius 3 is 2.89 bits per heavy atom. The molecule has 0 unspecified atom stereocenters. The van der Waals surface area contributed by atoms with E-state index < -0.39 is 0 Å². The molecule has 1 aromatic carbocycles. The maximum Gasteiger partial charge on any atom is 0.278 e. The van der Waals surface area contributed by atoms with Gasteiger partial charge in [-0.15, -0.1) is 0 Å². The van der Waals surface area contributed by atoms with Crippen molar-refractivity contribution in [2.45, 2.75) is 13.8 Å². The van der Waals surface area contributed by atoms with Crippen molar-refractivity contribution in [1.82, 2.24) is 15.0 Å². The van der Waals surface area contributed by atoms with Gasteiger partial charge < -0.3 is 10.3 Å². The van der Waals surface area contributed by atoms with Crippen LogP contribution in [0.1, 0.15) is 11.4 Å². The van der Waals surface area contributed by atoms with Gasteiger partial charge in [0.25, 0.3) is 5.56 Å². The summed E-state index contributed by atoms with van der Waals surface area (Å²) >= 11 is 1.37. The van der Waals surface area contributed by atoms with E-state index in [2.05, 4.69) is 20.3 Å². The van der Waals surface area contributed by atoms with E-state index in [4.69, 9.17) is 0 Å². The van der Waals surface area contributed by atoms with Gasteiger partial charge in [-0.1, -0.05) is 23.5 Å². The van der Waals surface area contributed by atoms with Crippen molar-refractivity contribution in [3.05, 3.63) is 46.0 Å². The Labute approximate surface area is 113 Å². The van der Waals surface area contributed by atoms with Crippen LogP contribution in [0.5, 0.6) is 0 Å². The van der Waals surface area contributed by atoms with Gasteiger partial charge in [0, 0.05) is 5.69 Å². The molecule has 0 saturated carbocycles. The quantitative estimate of drug-likeness (QED) is 0.752. The summed E-state index contributed by atoms with van der Waals surface area (Å²) in [6, 6.07) is 7.98. The van der Waals surface area contributed by atoms with Gasteiger partial charge >= 0.3 is 0 Å². The van der Waals surface area contributed by atoms with E-state index in [9.17, 15) is 4.79 Å². The highest BCUT2D eigenvalue weighted by molar-refractivity contribution is 7.21. The maximum absolute atomic E-state index is 11.7. The van der Waals surface area contributed by atoms with Crippen LogP contribution < -0.4 is 10.9 Å². The van der Waals surface area contributed by atoms with E-state index in [0.29, 0.717) is 21.3 Å². The average molecular weight is 272 g/mol. The Hall–Kier alpha value is -2.21. The fourth-order valence-corrected chi connectivity index (χ4v) is 2.75.